The summed E-state index contributed by atoms with van der Waals surface area (Å²) in [5.41, 5.74) is 0.131. The third kappa shape index (κ3) is 4.40. The number of imide groups is 1. The van der Waals surface area contributed by atoms with E-state index in [9.17, 15) is 14.4 Å². The summed E-state index contributed by atoms with van der Waals surface area (Å²) in [6.07, 6.45) is 4.46. The molecule has 0 radical (unpaired) electrons. The summed E-state index contributed by atoms with van der Waals surface area (Å²) in [5, 5.41) is 2.84. The number of carbonyl (C=O) groups excluding carboxylic acids is 3. The van der Waals surface area contributed by atoms with Crippen LogP contribution in [0, 0.1) is 11.3 Å². The van der Waals surface area contributed by atoms with Crippen molar-refractivity contribution in [2.24, 2.45) is 11.3 Å². The first-order valence-electron chi connectivity index (χ1n) is 11.0. The predicted octanol–water partition coefficient (Wildman–Crippen LogP) is 3.91. The molecule has 1 aromatic heterocycles. The molecule has 0 unspecified atom stereocenters. The highest BCUT2D eigenvalue weighted by atomic mass is 16.5. The molecule has 1 spiro atoms. The zero-order chi connectivity index (χ0) is 22.9. The number of benzene rings is 1. The van der Waals surface area contributed by atoms with Crippen molar-refractivity contribution < 1.29 is 23.5 Å². The predicted molar refractivity (Wildman–Crippen MR) is 116 cm³/mol. The number of hydrogen-bond donors (Lipinski definition) is 1. The SMILES string of the molecule is CC(C)(C)C1CCC2(CC1)NC(=O)N(CC(=O)OCc1ncc(-c3ccccc3)o1)C2=O. The molecule has 1 N–H and O–H groups in total. The second-order valence-electron chi connectivity index (χ2n) is 9.69. The van der Waals surface area contributed by atoms with Gasteiger partial charge in [0, 0.05) is 5.56 Å². The van der Waals surface area contributed by atoms with E-state index in [-0.39, 0.29) is 23.8 Å². The van der Waals surface area contributed by atoms with E-state index in [1.54, 1.807) is 6.20 Å². The minimum absolute atomic E-state index is 0.164. The Balaban J connectivity index is 1.32. The molecule has 1 saturated carbocycles. The van der Waals surface area contributed by atoms with Gasteiger partial charge in [0.1, 0.15) is 12.1 Å². The van der Waals surface area contributed by atoms with Crippen molar-refractivity contribution in [2.75, 3.05) is 6.54 Å². The quantitative estimate of drug-likeness (QED) is 0.560. The van der Waals surface area contributed by atoms with E-state index >= 15 is 0 Å². The third-order valence-corrected chi connectivity index (χ3v) is 6.57. The fraction of sp³-hybridized carbons (Fsp3) is 0.500. The first kappa shape index (κ1) is 22.0. The van der Waals surface area contributed by atoms with Gasteiger partial charge in [0.15, 0.2) is 12.4 Å². The van der Waals surface area contributed by atoms with Gasteiger partial charge in [-0.05, 0) is 37.0 Å². The fourth-order valence-corrected chi connectivity index (χ4v) is 4.57. The van der Waals surface area contributed by atoms with Crippen LogP contribution in [-0.4, -0.2) is 39.9 Å². The normalized spacial score (nSPS) is 23.5. The number of aromatic nitrogens is 1. The monoisotopic (exact) mass is 439 g/mol. The number of nitrogens with zero attached hydrogens (tertiary/aromatic N) is 2. The second-order valence-corrected chi connectivity index (χ2v) is 9.69. The molecule has 2 aliphatic rings. The zero-order valence-corrected chi connectivity index (χ0v) is 18.7. The summed E-state index contributed by atoms with van der Waals surface area (Å²) in [6, 6.07) is 8.91. The van der Waals surface area contributed by atoms with Crippen LogP contribution >= 0.6 is 0 Å². The van der Waals surface area contributed by atoms with Crippen LogP contribution in [0.25, 0.3) is 11.3 Å². The lowest BCUT2D eigenvalue weighted by Gasteiger charge is -2.40. The lowest BCUT2D eigenvalue weighted by Crippen LogP contribution is -2.50. The summed E-state index contributed by atoms with van der Waals surface area (Å²) < 4.78 is 10.8. The number of hydrogen-bond acceptors (Lipinski definition) is 6. The molecular formula is C24H29N3O5. The zero-order valence-electron chi connectivity index (χ0n) is 18.7. The van der Waals surface area contributed by atoms with Gasteiger partial charge >= 0.3 is 12.0 Å². The number of esters is 1. The smallest absolute Gasteiger partial charge is 0.326 e. The molecule has 0 bridgehead atoms. The molecule has 1 aromatic carbocycles. The molecule has 8 heteroatoms. The van der Waals surface area contributed by atoms with Crippen molar-refractivity contribution in [3.05, 3.63) is 42.4 Å². The van der Waals surface area contributed by atoms with Crippen LogP contribution in [0.5, 0.6) is 0 Å². The molecule has 2 fully saturated rings. The highest BCUT2D eigenvalue weighted by Crippen LogP contribution is 2.43. The maximum Gasteiger partial charge on any atom is 0.326 e. The van der Waals surface area contributed by atoms with Gasteiger partial charge in [-0.15, -0.1) is 0 Å². The Morgan fingerprint density at radius 1 is 1.22 bits per heavy atom. The Bertz CT molecular complexity index is 1000. The van der Waals surface area contributed by atoms with Gasteiger partial charge in [-0.3, -0.25) is 14.5 Å². The number of amides is 3. The van der Waals surface area contributed by atoms with E-state index < -0.39 is 24.1 Å². The Hall–Kier alpha value is -3.16. The van der Waals surface area contributed by atoms with Gasteiger partial charge in [0.25, 0.3) is 5.91 Å². The van der Waals surface area contributed by atoms with Crippen molar-refractivity contribution in [3.63, 3.8) is 0 Å². The number of nitrogens with one attached hydrogen (secondary N) is 1. The minimum atomic E-state index is -0.897. The summed E-state index contributed by atoms with van der Waals surface area (Å²) in [7, 11) is 0. The average molecular weight is 440 g/mol. The molecular weight excluding hydrogens is 410 g/mol. The molecule has 170 valence electrons. The molecule has 1 aliphatic heterocycles. The first-order valence-corrected chi connectivity index (χ1v) is 11.0. The van der Waals surface area contributed by atoms with Crippen LogP contribution in [0.1, 0.15) is 52.3 Å². The fourth-order valence-electron chi connectivity index (χ4n) is 4.57. The number of urea groups is 1. The Morgan fingerprint density at radius 2 is 1.91 bits per heavy atom. The number of ether oxygens (including phenoxy) is 1. The number of rotatable bonds is 5. The van der Waals surface area contributed by atoms with E-state index in [0.29, 0.717) is 24.5 Å². The van der Waals surface area contributed by atoms with Gasteiger partial charge in [-0.1, -0.05) is 51.1 Å². The van der Waals surface area contributed by atoms with Gasteiger partial charge in [-0.25, -0.2) is 9.78 Å². The molecule has 4 rings (SSSR count). The van der Waals surface area contributed by atoms with E-state index in [0.717, 1.165) is 23.3 Å². The van der Waals surface area contributed by atoms with Crippen LogP contribution in [0.3, 0.4) is 0 Å². The maximum absolute atomic E-state index is 13.0. The molecule has 32 heavy (non-hydrogen) atoms. The van der Waals surface area contributed by atoms with E-state index in [1.807, 2.05) is 30.3 Å². The second kappa shape index (κ2) is 8.41. The number of oxazole rings is 1. The summed E-state index contributed by atoms with van der Waals surface area (Å²) >= 11 is 0. The van der Waals surface area contributed by atoms with Crippen LogP contribution < -0.4 is 5.32 Å². The molecule has 0 atom stereocenters. The van der Waals surface area contributed by atoms with Gasteiger partial charge in [0.2, 0.25) is 5.89 Å². The molecule has 3 amide bonds. The lowest BCUT2D eigenvalue weighted by atomic mass is 9.67. The largest absolute Gasteiger partial charge is 0.454 e. The van der Waals surface area contributed by atoms with Crippen LogP contribution in [0.2, 0.25) is 0 Å². The summed E-state index contributed by atoms with van der Waals surface area (Å²) in [6.45, 7) is 5.99. The van der Waals surface area contributed by atoms with E-state index in [4.69, 9.17) is 9.15 Å². The molecule has 1 saturated heterocycles. The summed E-state index contributed by atoms with van der Waals surface area (Å²) in [4.78, 5) is 42.9. The average Bonchev–Trinajstić information content (AvgIpc) is 3.32. The minimum Gasteiger partial charge on any atom is -0.454 e. The van der Waals surface area contributed by atoms with Crippen molar-refractivity contribution in [1.82, 2.24) is 15.2 Å². The Labute approximate surface area is 187 Å². The van der Waals surface area contributed by atoms with Gasteiger partial charge in [0.05, 0.1) is 6.20 Å². The standard InChI is InChI=1S/C24H29N3O5/c1-23(2,3)17-9-11-24(12-10-17)21(29)27(22(30)26-24)14-20(28)31-15-19-25-13-18(32-19)16-7-5-4-6-8-16/h4-8,13,17H,9-12,14-15H2,1-3H3,(H,26,30). The molecule has 8 nitrogen and oxygen atoms in total. The first-order chi connectivity index (χ1) is 15.2. The topological polar surface area (TPSA) is 102 Å². The molecule has 2 heterocycles. The maximum atomic E-state index is 13.0. The van der Waals surface area contributed by atoms with Gasteiger partial charge < -0.3 is 14.5 Å². The van der Waals surface area contributed by atoms with Crippen LogP contribution in [-0.2, 0) is 20.9 Å². The highest BCUT2D eigenvalue weighted by molar-refractivity contribution is 6.08. The van der Waals surface area contributed by atoms with Crippen molar-refractivity contribution in [1.29, 1.82) is 0 Å². The van der Waals surface area contributed by atoms with Crippen molar-refractivity contribution >= 4 is 17.9 Å². The molecule has 2 aromatic rings. The van der Waals surface area contributed by atoms with Gasteiger partial charge in [-0.2, -0.15) is 0 Å². The summed E-state index contributed by atoms with van der Waals surface area (Å²) in [5.74, 6) is 0.283. The third-order valence-electron chi connectivity index (χ3n) is 6.57. The van der Waals surface area contributed by atoms with Crippen LogP contribution in [0.15, 0.2) is 40.9 Å². The van der Waals surface area contributed by atoms with Crippen LogP contribution in [0.4, 0.5) is 4.79 Å². The lowest BCUT2D eigenvalue weighted by molar-refractivity contribution is -0.149. The van der Waals surface area contributed by atoms with E-state index in [1.165, 1.54) is 0 Å². The van der Waals surface area contributed by atoms with Crippen molar-refractivity contribution in [3.8, 4) is 11.3 Å². The molecule has 1 aliphatic carbocycles. The Kier molecular flexibility index (Phi) is 5.79. The number of carbonyl (C=O) groups is 3. The highest BCUT2D eigenvalue weighted by Gasteiger charge is 2.53. The van der Waals surface area contributed by atoms with E-state index in [2.05, 4.69) is 31.1 Å². The Morgan fingerprint density at radius 3 is 2.56 bits per heavy atom. The van der Waals surface area contributed by atoms with Crippen molar-refractivity contribution in [2.45, 2.75) is 58.6 Å².